The zero-order valence-corrected chi connectivity index (χ0v) is 14.2. The number of pyridine rings is 1. The summed E-state index contributed by atoms with van der Waals surface area (Å²) in [5.41, 5.74) is 10.2. The number of hydrogen-bond acceptors (Lipinski definition) is 3. The summed E-state index contributed by atoms with van der Waals surface area (Å²) >= 11 is 5.30. The number of fused-ring (bicyclic) bond motifs is 1. The Kier molecular flexibility index (Phi) is 4.67. The van der Waals surface area contributed by atoms with Crippen LogP contribution in [0.15, 0.2) is 41.8 Å². The molecule has 0 spiro atoms. The molecule has 0 fully saturated rings. The second kappa shape index (κ2) is 6.87. The van der Waals surface area contributed by atoms with Gasteiger partial charge in [-0.2, -0.15) is 5.10 Å². The van der Waals surface area contributed by atoms with Crippen molar-refractivity contribution in [1.82, 2.24) is 10.4 Å². The molecule has 23 heavy (non-hydrogen) atoms. The van der Waals surface area contributed by atoms with Gasteiger partial charge in [0.25, 0.3) is 0 Å². The monoisotopic (exact) mass is 324 g/mol. The molecule has 0 unspecified atom stereocenters. The van der Waals surface area contributed by atoms with Gasteiger partial charge in [0, 0.05) is 11.8 Å². The third-order valence-electron chi connectivity index (χ3n) is 3.98. The number of hydrogen-bond donors (Lipinski definition) is 2. The van der Waals surface area contributed by atoms with E-state index >= 15 is 0 Å². The lowest BCUT2D eigenvalue weighted by Crippen LogP contribution is -2.26. The van der Waals surface area contributed by atoms with Crippen molar-refractivity contribution in [3.63, 3.8) is 0 Å². The van der Waals surface area contributed by atoms with Gasteiger partial charge in [-0.3, -0.25) is 10.4 Å². The summed E-state index contributed by atoms with van der Waals surface area (Å²) in [6.07, 6.45) is 6.67. The van der Waals surface area contributed by atoms with E-state index in [0.717, 1.165) is 30.7 Å². The van der Waals surface area contributed by atoms with Gasteiger partial charge in [-0.05, 0) is 74.7 Å². The molecule has 4 nitrogen and oxygen atoms in total. The van der Waals surface area contributed by atoms with E-state index in [-0.39, 0.29) is 0 Å². The Morgan fingerprint density at radius 2 is 2.13 bits per heavy atom. The first-order chi connectivity index (χ1) is 11.1. The molecule has 1 heterocycles. The maximum atomic E-state index is 5.30. The Balaban J connectivity index is 1.76. The normalized spacial score (nSPS) is 15.1. The van der Waals surface area contributed by atoms with Gasteiger partial charge < -0.3 is 5.32 Å². The van der Waals surface area contributed by atoms with E-state index in [4.69, 9.17) is 12.2 Å². The molecule has 1 aliphatic rings. The van der Waals surface area contributed by atoms with Gasteiger partial charge in [-0.25, -0.2) is 0 Å². The summed E-state index contributed by atoms with van der Waals surface area (Å²) < 4.78 is 0. The van der Waals surface area contributed by atoms with Gasteiger partial charge in [0.15, 0.2) is 5.11 Å². The highest BCUT2D eigenvalue weighted by atomic mass is 32.1. The van der Waals surface area contributed by atoms with Crippen LogP contribution in [0, 0.1) is 13.8 Å². The molecule has 0 aliphatic heterocycles. The minimum atomic E-state index is 0.474. The number of aryl methyl sites for hydroxylation is 2. The molecule has 5 heteroatoms. The van der Waals surface area contributed by atoms with E-state index in [1.165, 1.54) is 22.3 Å². The molecular weight excluding hydrogens is 304 g/mol. The van der Waals surface area contributed by atoms with Crippen LogP contribution in [0.25, 0.3) is 0 Å². The summed E-state index contributed by atoms with van der Waals surface area (Å²) in [5, 5.41) is 8.10. The van der Waals surface area contributed by atoms with Gasteiger partial charge in [0.2, 0.25) is 0 Å². The Bertz CT molecular complexity index is 753. The van der Waals surface area contributed by atoms with Crippen molar-refractivity contribution in [2.75, 3.05) is 5.32 Å². The SMILES string of the molecule is Cc1cc(C)c2c(c1)/C(=N\NC(=S)Nc1cccnc1)CCC2. The minimum absolute atomic E-state index is 0.474. The fourth-order valence-electron chi connectivity index (χ4n) is 2.98. The van der Waals surface area contributed by atoms with Crippen LogP contribution in [0.3, 0.4) is 0 Å². The fourth-order valence-corrected chi connectivity index (χ4v) is 3.15. The highest BCUT2D eigenvalue weighted by Gasteiger charge is 2.17. The number of nitrogens with zero attached hydrogens (tertiary/aromatic N) is 2. The molecule has 2 aromatic rings. The summed E-state index contributed by atoms with van der Waals surface area (Å²) in [6.45, 7) is 4.30. The fraction of sp³-hybridized carbons (Fsp3) is 0.278. The molecule has 0 radical (unpaired) electrons. The van der Waals surface area contributed by atoms with Gasteiger partial charge >= 0.3 is 0 Å². The van der Waals surface area contributed by atoms with E-state index in [1.807, 2.05) is 12.1 Å². The van der Waals surface area contributed by atoms with Crippen LogP contribution < -0.4 is 10.7 Å². The summed E-state index contributed by atoms with van der Waals surface area (Å²) in [7, 11) is 0. The lowest BCUT2D eigenvalue weighted by atomic mass is 9.86. The average Bonchev–Trinajstić information content (AvgIpc) is 2.54. The molecule has 3 rings (SSSR count). The average molecular weight is 324 g/mol. The number of benzene rings is 1. The Hall–Kier alpha value is -2.27. The first-order valence-corrected chi connectivity index (χ1v) is 8.18. The lowest BCUT2D eigenvalue weighted by Gasteiger charge is -2.21. The quantitative estimate of drug-likeness (QED) is 0.653. The van der Waals surface area contributed by atoms with Crippen LogP contribution in [0.5, 0.6) is 0 Å². The smallest absolute Gasteiger partial charge is 0.191 e. The molecule has 2 N–H and O–H groups in total. The van der Waals surface area contributed by atoms with E-state index in [9.17, 15) is 0 Å². The van der Waals surface area contributed by atoms with E-state index in [0.29, 0.717) is 5.11 Å². The van der Waals surface area contributed by atoms with Crippen LogP contribution in [0.4, 0.5) is 5.69 Å². The Labute approximate surface area is 142 Å². The highest BCUT2D eigenvalue weighted by molar-refractivity contribution is 7.80. The molecule has 0 amide bonds. The summed E-state index contributed by atoms with van der Waals surface area (Å²) in [6, 6.07) is 8.24. The molecular formula is C18H20N4S. The summed E-state index contributed by atoms with van der Waals surface area (Å²) in [4.78, 5) is 4.05. The van der Waals surface area contributed by atoms with Crippen molar-refractivity contribution >= 4 is 28.7 Å². The van der Waals surface area contributed by atoms with Crippen LogP contribution in [0.1, 0.15) is 35.1 Å². The molecule has 1 aromatic carbocycles. The number of hydrazone groups is 1. The molecule has 0 saturated carbocycles. The minimum Gasteiger partial charge on any atom is -0.330 e. The predicted molar refractivity (Wildman–Crippen MR) is 99.0 cm³/mol. The maximum absolute atomic E-state index is 5.30. The topological polar surface area (TPSA) is 49.3 Å². The summed E-state index contributed by atoms with van der Waals surface area (Å²) in [5.74, 6) is 0. The molecule has 1 aliphatic carbocycles. The van der Waals surface area contributed by atoms with Crippen molar-refractivity contribution < 1.29 is 0 Å². The first kappa shape index (κ1) is 15.6. The zero-order valence-electron chi connectivity index (χ0n) is 13.4. The number of rotatable bonds is 2. The van der Waals surface area contributed by atoms with Crippen molar-refractivity contribution in [3.05, 3.63) is 58.9 Å². The number of nitrogens with one attached hydrogen (secondary N) is 2. The van der Waals surface area contributed by atoms with Gasteiger partial charge in [-0.1, -0.05) is 11.6 Å². The largest absolute Gasteiger partial charge is 0.330 e. The Morgan fingerprint density at radius 1 is 1.26 bits per heavy atom. The van der Waals surface area contributed by atoms with Crippen molar-refractivity contribution in [2.45, 2.75) is 33.1 Å². The van der Waals surface area contributed by atoms with Gasteiger partial charge in [0.05, 0.1) is 17.6 Å². The van der Waals surface area contributed by atoms with Gasteiger partial charge in [-0.15, -0.1) is 0 Å². The second-order valence-corrected chi connectivity index (χ2v) is 6.24. The number of aromatic nitrogens is 1. The van der Waals surface area contributed by atoms with Crippen molar-refractivity contribution in [1.29, 1.82) is 0 Å². The maximum Gasteiger partial charge on any atom is 0.191 e. The molecule has 0 bridgehead atoms. The van der Waals surface area contributed by atoms with Crippen molar-refractivity contribution in [3.8, 4) is 0 Å². The molecule has 1 aromatic heterocycles. The zero-order chi connectivity index (χ0) is 16.2. The third kappa shape index (κ3) is 3.74. The van der Waals surface area contributed by atoms with Crippen molar-refractivity contribution in [2.24, 2.45) is 5.10 Å². The van der Waals surface area contributed by atoms with Crippen LogP contribution >= 0.6 is 12.2 Å². The van der Waals surface area contributed by atoms with Gasteiger partial charge in [0.1, 0.15) is 0 Å². The standard InChI is InChI=1S/C18H20N4S/c1-12-9-13(2)15-6-3-7-17(16(15)10-12)21-22-18(23)20-14-5-4-8-19-11-14/h4-5,8-11H,3,6-7H2,1-2H3,(H2,20,22,23)/b21-17-. The Morgan fingerprint density at radius 3 is 2.91 bits per heavy atom. The van der Waals surface area contributed by atoms with E-state index < -0.39 is 0 Å². The number of thiocarbonyl (C=S) groups is 1. The molecule has 118 valence electrons. The van der Waals surface area contributed by atoms with Crippen LogP contribution in [0.2, 0.25) is 0 Å². The molecule has 0 saturated heterocycles. The van der Waals surface area contributed by atoms with Crippen LogP contribution in [-0.4, -0.2) is 15.8 Å². The second-order valence-electron chi connectivity index (χ2n) is 5.83. The number of anilines is 1. The predicted octanol–water partition coefficient (Wildman–Crippen LogP) is 3.73. The van der Waals surface area contributed by atoms with E-state index in [1.54, 1.807) is 12.4 Å². The highest BCUT2D eigenvalue weighted by Crippen LogP contribution is 2.26. The first-order valence-electron chi connectivity index (χ1n) is 7.77. The lowest BCUT2D eigenvalue weighted by molar-refractivity contribution is 0.821. The third-order valence-corrected chi connectivity index (χ3v) is 4.17. The van der Waals surface area contributed by atoms with E-state index in [2.05, 4.69) is 46.8 Å². The van der Waals surface area contributed by atoms with Crippen LogP contribution in [-0.2, 0) is 6.42 Å². The molecule has 0 atom stereocenters.